The van der Waals surface area contributed by atoms with Crippen LogP contribution < -0.4 is 5.32 Å². The van der Waals surface area contributed by atoms with Crippen LogP contribution in [-0.4, -0.2) is 17.6 Å². The number of halogens is 1. The predicted molar refractivity (Wildman–Crippen MR) is 96.0 cm³/mol. The minimum absolute atomic E-state index is 0.0151. The largest absolute Gasteiger partial charge is 0.508 e. The molecular weight excluding hydrogens is 317 g/mol. The Labute approximate surface area is 147 Å². The van der Waals surface area contributed by atoms with Crippen molar-refractivity contribution in [1.29, 1.82) is 0 Å². The third-order valence-corrected chi connectivity index (χ3v) is 5.13. The molecule has 1 aliphatic rings. The molecule has 4 heteroatoms. The summed E-state index contributed by atoms with van der Waals surface area (Å²) in [6.45, 7) is 0.594. The van der Waals surface area contributed by atoms with Crippen molar-refractivity contribution >= 4 is 5.91 Å². The first-order chi connectivity index (χ1) is 12.1. The highest BCUT2D eigenvalue weighted by Gasteiger charge is 2.42. The van der Waals surface area contributed by atoms with Gasteiger partial charge in [0.05, 0.1) is 5.41 Å². The Morgan fingerprint density at radius 2 is 1.84 bits per heavy atom. The zero-order valence-electron chi connectivity index (χ0n) is 14.3. The number of nitrogens with one attached hydrogen (secondary N) is 1. The molecule has 0 heterocycles. The molecule has 2 aromatic carbocycles. The highest BCUT2D eigenvalue weighted by molar-refractivity contribution is 5.88. The minimum atomic E-state index is -0.583. The number of rotatable bonds is 6. The van der Waals surface area contributed by atoms with Gasteiger partial charge in [0, 0.05) is 6.54 Å². The summed E-state index contributed by atoms with van der Waals surface area (Å²) < 4.78 is 13.6. The summed E-state index contributed by atoms with van der Waals surface area (Å²) in [5.74, 6) is -0.0134. The number of amides is 1. The number of hydrogen-bond acceptors (Lipinski definition) is 2. The van der Waals surface area contributed by atoms with Crippen LogP contribution >= 0.6 is 0 Å². The standard InChI is InChI=1S/C21H24FNO2/c22-18-7-3-6-17(15-18)21(12-1-2-13-21)20(25)23-14-4-5-16-8-10-19(24)11-9-16/h3,6-11,15,24H,1-2,4-5,12-14H2,(H,23,25). The number of carbonyl (C=O) groups excluding carboxylic acids is 1. The highest BCUT2D eigenvalue weighted by Crippen LogP contribution is 2.41. The van der Waals surface area contributed by atoms with E-state index in [1.54, 1.807) is 18.2 Å². The second kappa shape index (κ2) is 7.68. The van der Waals surface area contributed by atoms with E-state index < -0.39 is 5.41 Å². The lowest BCUT2D eigenvalue weighted by molar-refractivity contribution is -0.126. The average Bonchev–Trinajstić information content (AvgIpc) is 3.11. The molecule has 0 spiro atoms. The zero-order chi connectivity index (χ0) is 17.7. The van der Waals surface area contributed by atoms with Gasteiger partial charge in [0.25, 0.3) is 0 Å². The molecule has 3 nitrogen and oxygen atoms in total. The second-order valence-electron chi connectivity index (χ2n) is 6.83. The summed E-state index contributed by atoms with van der Waals surface area (Å²) in [4.78, 5) is 12.9. The molecule has 0 bridgehead atoms. The smallest absolute Gasteiger partial charge is 0.230 e. The van der Waals surface area contributed by atoms with Crippen molar-refractivity contribution in [2.75, 3.05) is 6.54 Å². The molecule has 1 aliphatic carbocycles. The summed E-state index contributed by atoms with van der Waals surface area (Å²) in [7, 11) is 0. The molecule has 0 atom stereocenters. The number of aromatic hydroxyl groups is 1. The lowest BCUT2D eigenvalue weighted by atomic mass is 9.78. The zero-order valence-corrected chi connectivity index (χ0v) is 14.3. The summed E-state index contributed by atoms with van der Waals surface area (Å²) in [5.41, 5.74) is 1.34. The van der Waals surface area contributed by atoms with Crippen molar-refractivity contribution in [2.45, 2.75) is 43.9 Å². The van der Waals surface area contributed by atoms with Gasteiger partial charge in [-0.3, -0.25) is 4.79 Å². The van der Waals surface area contributed by atoms with Gasteiger partial charge in [-0.1, -0.05) is 37.1 Å². The summed E-state index contributed by atoms with van der Waals surface area (Å²) in [6.07, 6.45) is 5.22. The van der Waals surface area contributed by atoms with Gasteiger partial charge >= 0.3 is 0 Å². The van der Waals surface area contributed by atoms with Gasteiger partial charge in [-0.15, -0.1) is 0 Å². The molecule has 1 amide bonds. The first-order valence-corrected chi connectivity index (χ1v) is 8.92. The third-order valence-electron chi connectivity index (χ3n) is 5.13. The van der Waals surface area contributed by atoms with E-state index in [4.69, 9.17) is 0 Å². The molecule has 1 saturated carbocycles. The first-order valence-electron chi connectivity index (χ1n) is 8.92. The molecule has 0 radical (unpaired) electrons. The number of hydrogen-bond donors (Lipinski definition) is 2. The van der Waals surface area contributed by atoms with Crippen LogP contribution in [0.2, 0.25) is 0 Å². The van der Waals surface area contributed by atoms with Crippen molar-refractivity contribution in [2.24, 2.45) is 0 Å². The Bertz CT molecular complexity index is 721. The third kappa shape index (κ3) is 4.01. The second-order valence-corrected chi connectivity index (χ2v) is 6.83. The van der Waals surface area contributed by atoms with E-state index in [1.165, 1.54) is 12.1 Å². The monoisotopic (exact) mass is 341 g/mol. The maximum absolute atomic E-state index is 13.6. The van der Waals surface area contributed by atoms with Crippen LogP contribution in [0.4, 0.5) is 4.39 Å². The van der Waals surface area contributed by atoms with Gasteiger partial charge < -0.3 is 10.4 Å². The molecule has 25 heavy (non-hydrogen) atoms. The quantitative estimate of drug-likeness (QED) is 0.778. The van der Waals surface area contributed by atoms with Crippen LogP contribution in [0.5, 0.6) is 5.75 Å². The molecular formula is C21H24FNO2. The van der Waals surface area contributed by atoms with Gasteiger partial charge in [0.15, 0.2) is 0 Å². The van der Waals surface area contributed by atoms with E-state index in [2.05, 4.69) is 5.32 Å². The van der Waals surface area contributed by atoms with Crippen LogP contribution in [0, 0.1) is 5.82 Å². The Kier molecular flexibility index (Phi) is 5.37. The Morgan fingerprint density at radius 3 is 2.52 bits per heavy atom. The van der Waals surface area contributed by atoms with Crippen molar-refractivity contribution in [1.82, 2.24) is 5.32 Å². The lowest BCUT2D eigenvalue weighted by Gasteiger charge is -2.28. The fourth-order valence-corrected chi connectivity index (χ4v) is 3.74. The topological polar surface area (TPSA) is 49.3 Å². The lowest BCUT2D eigenvalue weighted by Crippen LogP contribution is -2.43. The predicted octanol–water partition coefficient (Wildman–Crippen LogP) is 4.09. The van der Waals surface area contributed by atoms with E-state index in [-0.39, 0.29) is 17.5 Å². The van der Waals surface area contributed by atoms with Crippen LogP contribution in [0.15, 0.2) is 48.5 Å². The summed E-state index contributed by atoms with van der Waals surface area (Å²) in [5, 5.41) is 12.3. The van der Waals surface area contributed by atoms with Gasteiger partial charge in [0.2, 0.25) is 5.91 Å². The molecule has 2 aromatic rings. The normalized spacial score (nSPS) is 15.9. The van der Waals surface area contributed by atoms with Gasteiger partial charge in [-0.2, -0.15) is 0 Å². The van der Waals surface area contributed by atoms with Crippen molar-refractivity contribution in [3.63, 3.8) is 0 Å². The Morgan fingerprint density at radius 1 is 1.12 bits per heavy atom. The molecule has 0 unspecified atom stereocenters. The molecule has 132 valence electrons. The first kappa shape index (κ1) is 17.5. The number of aryl methyl sites for hydroxylation is 1. The van der Waals surface area contributed by atoms with E-state index in [0.29, 0.717) is 6.54 Å². The molecule has 1 fully saturated rings. The van der Waals surface area contributed by atoms with E-state index in [0.717, 1.165) is 49.7 Å². The number of phenols is 1. The fraction of sp³-hybridized carbons (Fsp3) is 0.381. The number of benzene rings is 2. The van der Waals surface area contributed by atoms with Crippen LogP contribution in [0.3, 0.4) is 0 Å². The Hall–Kier alpha value is -2.36. The molecule has 0 aromatic heterocycles. The van der Waals surface area contributed by atoms with Gasteiger partial charge in [-0.25, -0.2) is 4.39 Å². The molecule has 0 aliphatic heterocycles. The number of phenolic OH excluding ortho intramolecular Hbond substituents is 1. The Balaban J connectivity index is 1.59. The average molecular weight is 341 g/mol. The van der Waals surface area contributed by atoms with E-state index >= 15 is 0 Å². The fourth-order valence-electron chi connectivity index (χ4n) is 3.74. The van der Waals surface area contributed by atoms with Crippen molar-refractivity contribution in [3.8, 4) is 5.75 Å². The van der Waals surface area contributed by atoms with Crippen LogP contribution in [0.25, 0.3) is 0 Å². The highest BCUT2D eigenvalue weighted by atomic mass is 19.1. The molecule has 3 rings (SSSR count). The van der Waals surface area contributed by atoms with Crippen molar-refractivity contribution in [3.05, 3.63) is 65.5 Å². The summed E-state index contributed by atoms with van der Waals surface area (Å²) in [6, 6.07) is 13.6. The maximum Gasteiger partial charge on any atom is 0.230 e. The summed E-state index contributed by atoms with van der Waals surface area (Å²) >= 11 is 0. The van der Waals surface area contributed by atoms with E-state index in [1.807, 2.05) is 18.2 Å². The van der Waals surface area contributed by atoms with Crippen LogP contribution in [0.1, 0.15) is 43.2 Å². The SMILES string of the molecule is O=C(NCCCc1ccc(O)cc1)C1(c2cccc(F)c2)CCCC1. The molecule has 2 N–H and O–H groups in total. The van der Waals surface area contributed by atoms with Crippen LogP contribution in [-0.2, 0) is 16.6 Å². The van der Waals surface area contributed by atoms with Crippen molar-refractivity contribution < 1.29 is 14.3 Å². The van der Waals surface area contributed by atoms with E-state index in [9.17, 15) is 14.3 Å². The van der Waals surface area contributed by atoms with Gasteiger partial charge in [-0.05, 0) is 61.1 Å². The minimum Gasteiger partial charge on any atom is -0.508 e. The molecule has 0 saturated heterocycles. The van der Waals surface area contributed by atoms with Gasteiger partial charge in [0.1, 0.15) is 11.6 Å². The number of carbonyl (C=O) groups is 1. The maximum atomic E-state index is 13.6.